The van der Waals surface area contributed by atoms with E-state index in [4.69, 9.17) is 9.47 Å². The van der Waals surface area contributed by atoms with Crippen LogP contribution in [0.4, 0.5) is 23.4 Å². The van der Waals surface area contributed by atoms with Crippen molar-refractivity contribution in [1.82, 2.24) is 24.7 Å². The summed E-state index contributed by atoms with van der Waals surface area (Å²) in [6, 6.07) is 2.70. The lowest BCUT2D eigenvalue weighted by molar-refractivity contribution is -0.142. The molecule has 0 bridgehead atoms. The van der Waals surface area contributed by atoms with Gasteiger partial charge in [-0.25, -0.2) is 24.0 Å². The lowest BCUT2D eigenvalue weighted by Gasteiger charge is -2.37. The van der Waals surface area contributed by atoms with Gasteiger partial charge in [-0.1, -0.05) is 6.92 Å². The molecule has 12 heteroatoms. The van der Waals surface area contributed by atoms with Gasteiger partial charge < -0.3 is 14.4 Å². The van der Waals surface area contributed by atoms with Crippen molar-refractivity contribution in [2.24, 2.45) is 11.8 Å². The van der Waals surface area contributed by atoms with Gasteiger partial charge in [0.2, 0.25) is 0 Å². The highest BCUT2D eigenvalue weighted by Gasteiger charge is 2.36. The predicted octanol–water partition coefficient (Wildman–Crippen LogP) is 3.77. The Labute approximate surface area is 193 Å². The number of pyridine rings is 1. The summed E-state index contributed by atoms with van der Waals surface area (Å²) in [5, 5.41) is 4.18. The second kappa shape index (κ2) is 10.1. The van der Waals surface area contributed by atoms with Gasteiger partial charge in [-0.3, -0.25) is 0 Å². The third-order valence-corrected chi connectivity index (χ3v) is 5.64. The largest absolute Gasteiger partial charge is 0.491 e. The zero-order valence-corrected chi connectivity index (χ0v) is 18.9. The summed E-state index contributed by atoms with van der Waals surface area (Å²) in [6.07, 6.45) is -0.753. The van der Waals surface area contributed by atoms with E-state index in [-0.39, 0.29) is 37.3 Å². The fourth-order valence-electron chi connectivity index (χ4n) is 4.26. The van der Waals surface area contributed by atoms with Crippen LogP contribution in [0.3, 0.4) is 0 Å². The molecule has 34 heavy (non-hydrogen) atoms. The van der Waals surface area contributed by atoms with Gasteiger partial charge in [0, 0.05) is 32.3 Å². The number of ether oxygens (including phenoxy) is 2. The van der Waals surface area contributed by atoms with Crippen molar-refractivity contribution < 1.29 is 27.0 Å². The monoisotopic (exact) mass is 482 g/mol. The van der Waals surface area contributed by atoms with E-state index in [0.717, 1.165) is 12.6 Å². The molecule has 1 aliphatic heterocycles. The van der Waals surface area contributed by atoms with E-state index in [9.17, 15) is 17.6 Å². The topological polar surface area (TPSA) is 78.2 Å². The summed E-state index contributed by atoms with van der Waals surface area (Å²) < 4.78 is 65.6. The Kier molecular flexibility index (Phi) is 7.15. The van der Waals surface area contributed by atoms with Gasteiger partial charge in [0.05, 0.1) is 32.2 Å². The number of piperidine rings is 1. The number of halogens is 4. The van der Waals surface area contributed by atoms with Crippen LogP contribution in [-0.4, -0.2) is 64.3 Å². The summed E-state index contributed by atoms with van der Waals surface area (Å²) in [7, 11) is 1.43. The Morgan fingerprint density at radius 3 is 2.79 bits per heavy atom. The molecular formula is C22H26F4N6O2. The van der Waals surface area contributed by atoms with Crippen molar-refractivity contribution in [2.75, 3.05) is 38.3 Å². The standard InChI is InChI=1S/C22H26F4N6O2/c1-14-6-15(12-34-18-4-3-5-27-20(18)22(24,25)26)10-31(9-14)19-8-28-17-7-29-32(21(17)30-19)11-16(23)13-33-2/h3-5,7-8,14-16H,6,9-13H2,1-2H3/t14-,15+,16?/m1/s1. The molecule has 1 unspecified atom stereocenters. The number of anilines is 1. The molecule has 3 aromatic heterocycles. The molecule has 1 aliphatic rings. The Balaban J connectivity index is 1.48. The molecule has 0 radical (unpaired) electrons. The summed E-state index contributed by atoms with van der Waals surface area (Å²) in [5.41, 5.74) is -0.0121. The number of fused-ring (bicyclic) bond motifs is 1. The minimum Gasteiger partial charge on any atom is -0.491 e. The minimum absolute atomic E-state index is 0.00497. The minimum atomic E-state index is -4.59. The van der Waals surface area contributed by atoms with Crippen molar-refractivity contribution in [2.45, 2.75) is 32.2 Å². The molecular weight excluding hydrogens is 456 g/mol. The van der Waals surface area contributed by atoms with Gasteiger partial charge in [-0.05, 0) is 24.5 Å². The SMILES string of the molecule is COCC(F)Cn1ncc2ncc(N3C[C@H](C)C[C@H](COc4cccnc4C(F)(F)F)C3)nc21. The Morgan fingerprint density at radius 2 is 2.03 bits per heavy atom. The van der Waals surface area contributed by atoms with Crippen LogP contribution in [0.1, 0.15) is 19.0 Å². The summed E-state index contributed by atoms with van der Waals surface area (Å²) in [5.74, 6) is 0.564. The molecule has 3 atom stereocenters. The van der Waals surface area contributed by atoms with Gasteiger partial charge in [0.15, 0.2) is 11.3 Å². The number of rotatable bonds is 8. The highest BCUT2D eigenvalue weighted by atomic mass is 19.4. The first-order chi connectivity index (χ1) is 16.2. The third kappa shape index (κ3) is 5.54. The number of aromatic nitrogens is 5. The molecule has 1 fully saturated rings. The Morgan fingerprint density at radius 1 is 1.21 bits per heavy atom. The van der Waals surface area contributed by atoms with Crippen molar-refractivity contribution in [3.05, 3.63) is 36.4 Å². The van der Waals surface area contributed by atoms with Gasteiger partial charge in [-0.2, -0.15) is 18.3 Å². The molecule has 4 rings (SSSR count). The van der Waals surface area contributed by atoms with Gasteiger partial charge >= 0.3 is 6.18 Å². The fourth-order valence-corrected chi connectivity index (χ4v) is 4.26. The van der Waals surface area contributed by atoms with Crippen LogP contribution in [0.5, 0.6) is 5.75 Å². The van der Waals surface area contributed by atoms with Crippen molar-refractivity contribution in [3.63, 3.8) is 0 Å². The number of methoxy groups -OCH3 is 1. The maximum absolute atomic E-state index is 14.0. The average Bonchev–Trinajstić information content (AvgIpc) is 3.19. The van der Waals surface area contributed by atoms with Gasteiger partial charge in [0.25, 0.3) is 0 Å². The third-order valence-electron chi connectivity index (χ3n) is 5.64. The number of nitrogens with zero attached hydrogens (tertiary/aromatic N) is 6. The molecule has 0 saturated carbocycles. The number of alkyl halides is 4. The van der Waals surface area contributed by atoms with E-state index >= 15 is 0 Å². The molecule has 0 spiro atoms. The highest BCUT2D eigenvalue weighted by molar-refractivity contribution is 5.71. The second-order valence-corrected chi connectivity index (χ2v) is 8.59. The van der Waals surface area contributed by atoms with E-state index in [1.807, 2.05) is 4.90 Å². The first kappa shape index (κ1) is 24.1. The first-order valence-electron chi connectivity index (χ1n) is 11.0. The summed E-state index contributed by atoms with van der Waals surface area (Å²) in [6.45, 7) is 3.38. The van der Waals surface area contributed by atoms with Crippen LogP contribution in [0.15, 0.2) is 30.7 Å². The van der Waals surface area contributed by atoms with E-state index in [1.165, 1.54) is 30.1 Å². The Bertz CT molecular complexity index is 1110. The maximum Gasteiger partial charge on any atom is 0.437 e. The molecule has 184 valence electrons. The van der Waals surface area contributed by atoms with Gasteiger partial charge in [0.1, 0.15) is 23.3 Å². The lowest BCUT2D eigenvalue weighted by atomic mass is 9.91. The normalized spacial score (nSPS) is 20.0. The van der Waals surface area contributed by atoms with Crippen LogP contribution in [0, 0.1) is 11.8 Å². The van der Waals surface area contributed by atoms with Crippen molar-refractivity contribution in [1.29, 1.82) is 0 Å². The van der Waals surface area contributed by atoms with E-state index in [1.54, 1.807) is 6.20 Å². The van der Waals surface area contributed by atoms with Crippen molar-refractivity contribution in [3.8, 4) is 5.75 Å². The van der Waals surface area contributed by atoms with Crippen LogP contribution in [0.25, 0.3) is 11.2 Å². The first-order valence-corrected chi connectivity index (χ1v) is 11.0. The molecule has 0 N–H and O–H groups in total. The average molecular weight is 482 g/mol. The van der Waals surface area contributed by atoms with E-state index in [0.29, 0.717) is 30.1 Å². The number of hydrogen-bond donors (Lipinski definition) is 0. The van der Waals surface area contributed by atoms with E-state index in [2.05, 4.69) is 27.0 Å². The second-order valence-electron chi connectivity index (χ2n) is 8.59. The van der Waals surface area contributed by atoms with Crippen molar-refractivity contribution >= 4 is 17.0 Å². The molecule has 3 aromatic rings. The lowest BCUT2D eigenvalue weighted by Crippen LogP contribution is -2.42. The predicted molar refractivity (Wildman–Crippen MR) is 116 cm³/mol. The fraction of sp³-hybridized carbons (Fsp3) is 0.545. The zero-order valence-electron chi connectivity index (χ0n) is 18.9. The Hall–Kier alpha value is -3.02. The van der Waals surface area contributed by atoms with Crippen LogP contribution >= 0.6 is 0 Å². The quantitative estimate of drug-likeness (QED) is 0.453. The molecule has 0 amide bonds. The van der Waals surface area contributed by atoms with Crippen LogP contribution in [-0.2, 0) is 17.5 Å². The molecule has 0 aliphatic carbocycles. The smallest absolute Gasteiger partial charge is 0.437 e. The summed E-state index contributed by atoms with van der Waals surface area (Å²) >= 11 is 0. The molecule has 4 heterocycles. The molecule has 8 nitrogen and oxygen atoms in total. The van der Waals surface area contributed by atoms with Crippen LogP contribution in [0.2, 0.25) is 0 Å². The molecule has 1 saturated heterocycles. The summed E-state index contributed by atoms with van der Waals surface area (Å²) in [4.78, 5) is 14.5. The number of hydrogen-bond acceptors (Lipinski definition) is 7. The maximum atomic E-state index is 14.0. The molecule has 0 aromatic carbocycles. The zero-order chi connectivity index (χ0) is 24.3. The van der Waals surface area contributed by atoms with Crippen LogP contribution < -0.4 is 9.64 Å². The highest BCUT2D eigenvalue weighted by Crippen LogP contribution is 2.35. The van der Waals surface area contributed by atoms with E-state index < -0.39 is 18.0 Å². The van der Waals surface area contributed by atoms with Gasteiger partial charge in [-0.15, -0.1) is 0 Å².